The van der Waals surface area contributed by atoms with E-state index in [0.717, 1.165) is 16.3 Å². The number of nitrogens with zero attached hydrogens (tertiary/aromatic N) is 1. The molecule has 1 aliphatic rings. The molecule has 0 aliphatic carbocycles. The lowest BCUT2D eigenvalue weighted by Crippen LogP contribution is -2.26. The number of ketones is 1. The lowest BCUT2D eigenvalue weighted by Gasteiger charge is -2.07. The molecule has 4 heteroatoms. The van der Waals surface area contributed by atoms with E-state index < -0.39 is 0 Å². The molecule has 0 saturated heterocycles. The van der Waals surface area contributed by atoms with Crippen molar-refractivity contribution in [1.29, 1.82) is 0 Å². The monoisotopic (exact) mass is 245 g/mol. The highest BCUT2D eigenvalue weighted by atomic mass is 32.1. The minimum atomic E-state index is -0.337. The smallest absolute Gasteiger partial charge is 0.180 e. The first-order chi connectivity index (χ1) is 8.33. The van der Waals surface area contributed by atoms with E-state index >= 15 is 0 Å². The second-order valence-corrected chi connectivity index (χ2v) is 4.97. The Hall–Kier alpha value is -1.68. The van der Waals surface area contributed by atoms with Gasteiger partial charge >= 0.3 is 0 Å². The molecule has 1 aliphatic heterocycles. The minimum absolute atomic E-state index is 0.108. The van der Waals surface area contributed by atoms with Crippen LogP contribution >= 0.6 is 11.3 Å². The summed E-state index contributed by atoms with van der Waals surface area (Å²) in [4.78, 5) is 16.1. The predicted molar refractivity (Wildman–Crippen MR) is 65.4 cm³/mol. The summed E-state index contributed by atoms with van der Waals surface area (Å²) in [5, 5.41) is 2.74. The van der Waals surface area contributed by atoms with E-state index in [1.165, 1.54) is 11.3 Å². The van der Waals surface area contributed by atoms with Gasteiger partial charge in [0.05, 0.1) is 11.4 Å². The van der Waals surface area contributed by atoms with Crippen LogP contribution in [-0.2, 0) is 17.6 Å². The number of thiazole rings is 1. The van der Waals surface area contributed by atoms with E-state index in [4.69, 9.17) is 4.74 Å². The third kappa shape index (κ3) is 2.08. The normalized spacial score (nSPS) is 17.5. The third-order valence-corrected chi connectivity index (χ3v) is 3.59. The summed E-state index contributed by atoms with van der Waals surface area (Å²) in [5.41, 5.74) is 1.12. The fourth-order valence-electron chi connectivity index (χ4n) is 1.96. The summed E-state index contributed by atoms with van der Waals surface area (Å²) < 4.78 is 5.64. The van der Waals surface area contributed by atoms with Crippen molar-refractivity contribution in [3.8, 4) is 5.75 Å². The Morgan fingerprint density at radius 1 is 1.47 bits per heavy atom. The van der Waals surface area contributed by atoms with Crippen LogP contribution in [0.2, 0.25) is 0 Å². The zero-order valence-electron chi connectivity index (χ0n) is 9.13. The molecule has 0 fully saturated rings. The number of aromatic nitrogens is 1. The van der Waals surface area contributed by atoms with E-state index in [0.29, 0.717) is 12.8 Å². The number of hydrogen-bond donors (Lipinski definition) is 0. The van der Waals surface area contributed by atoms with E-state index in [1.54, 1.807) is 6.20 Å². The molecule has 0 saturated carbocycles. The van der Waals surface area contributed by atoms with Crippen LogP contribution in [0.25, 0.3) is 0 Å². The maximum Gasteiger partial charge on any atom is 0.180 e. The van der Waals surface area contributed by atoms with Crippen molar-refractivity contribution >= 4 is 17.1 Å². The topological polar surface area (TPSA) is 39.2 Å². The first-order valence-electron chi connectivity index (χ1n) is 5.48. The number of Topliss-reactive ketones (excluding diaryl/α,β-unsaturated/α-hetero) is 1. The molecule has 86 valence electrons. The average Bonchev–Trinajstić information content (AvgIpc) is 2.96. The molecule has 1 atom stereocenters. The lowest BCUT2D eigenvalue weighted by atomic mass is 10.1. The number of fused-ring (bicyclic) bond motifs is 1. The Morgan fingerprint density at radius 2 is 2.35 bits per heavy atom. The van der Waals surface area contributed by atoms with Crippen molar-refractivity contribution < 1.29 is 9.53 Å². The summed E-state index contributed by atoms with van der Waals surface area (Å²) in [7, 11) is 0. The summed E-state index contributed by atoms with van der Waals surface area (Å²) in [6, 6.07) is 7.81. The van der Waals surface area contributed by atoms with Gasteiger partial charge in [-0.2, -0.15) is 0 Å². The van der Waals surface area contributed by atoms with Gasteiger partial charge in [0, 0.05) is 18.0 Å². The van der Waals surface area contributed by atoms with Crippen LogP contribution in [0.15, 0.2) is 35.8 Å². The SMILES string of the molecule is O=C(Cc1nccs1)C1Cc2ccccc2O1. The Labute approximate surface area is 103 Å². The van der Waals surface area contributed by atoms with Gasteiger partial charge in [0.15, 0.2) is 11.9 Å². The van der Waals surface area contributed by atoms with Gasteiger partial charge in [-0.25, -0.2) is 4.98 Å². The van der Waals surface area contributed by atoms with Crippen molar-refractivity contribution in [2.45, 2.75) is 18.9 Å². The highest BCUT2D eigenvalue weighted by molar-refractivity contribution is 7.09. The Morgan fingerprint density at radius 3 is 3.12 bits per heavy atom. The number of para-hydroxylation sites is 1. The zero-order valence-corrected chi connectivity index (χ0v) is 9.94. The molecule has 1 aromatic heterocycles. The van der Waals surface area contributed by atoms with Crippen molar-refractivity contribution in [3.63, 3.8) is 0 Å². The summed E-state index contributed by atoms with van der Waals surface area (Å²) in [5.74, 6) is 0.945. The Bertz CT molecular complexity index is 511. The molecule has 3 rings (SSSR count). The van der Waals surface area contributed by atoms with Crippen LogP contribution in [0, 0.1) is 0 Å². The quantitative estimate of drug-likeness (QED) is 0.832. The van der Waals surface area contributed by atoms with Gasteiger partial charge in [-0.3, -0.25) is 4.79 Å². The molecular formula is C13H11NO2S. The third-order valence-electron chi connectivity index (χ3n) is 2.82. The summed E-state index contributed by atoms with van der Waals surface area (Å²) >= 11 is 1.51. The van der Waals surface area contributed by atoms with Crippen LogP contribution in [0.5, 0.6) is 5.75 Å². The maximum atomic E-state index is 12.0. The predicted octanol–water partition coefficient (Wildman–Crippen LogP) is 2.26. The Balaban J connectivity index is 1.70. The van der Waals surface area contributed by atoms with Crippen molar-refractivity contribution in [2.75, 3.05) is 0 Å². The van der Waals surface area contributed by atoms with Gasteiger partial charge in [-0.1, -0.05) is 18.2 Å². The van der Waals surface area contributed by atoms with Crippen LogP contribution in [-0.4, -0.2) is 16.9 Å². The first-order valence-corrected chi connectivity index (χ1v) is 6.36. The van der Waals surface area contributed by atoms with Gasteiger partial charge in [0.25, 0.3) is 0 Å². The molecule has 1 aromatic carbocycles. The van der Waals surface area contributed by atoms with Gasteiger partial charge in [-0.05, 0) is 11.6 Å². The average molecular weight is 245 g/mol. The second-order valence-electron chi connectivity index (χ2n) is 3.99. The molecule has 0 bridgehead atoms. The van der Waals surface area contributed by atoms with Crippen LogP contribution in [0.1, 0.15) is 10.6 Å². The van der Waals surface area contributed by atoms with E-state index in [-0.39, 0.29) is 11.9 Å². The first kappa shape index (κ1) is 10.5. The number of hydrogen-bond acceptors (Lipinski definition) is 4. The molecule has 1 unspecified atom stereocenters. The number of ether oxygens (including phenoxy) is 1. The van der Waals surface area contributed by atoms with E-state index in [2.05, 4.69) is 4.98 Å². The van der Waals surface area contributed by atoms with Gasteiger partial charge in [-0.15, -0.1) is 11.3 Å². The van der Waals surface area contributed by atoms with Crippen molar-refractivity contribution in [3.05, 3.63) is 46.4 Å². The van der Waals surface area contributed by atoms with E-state index in [9.17, 15) is 4.79 Å². The largest absolute Gasteiger partial charge is 0.482 e. The number of rotatable bonds is 3. The fourth-order valence-corrected chi connectivity index (χ4v) is 2.59. The van der Waals surface area contributed by atoms with Crippen LogP contribution in [0.4, 0.5) is 0 Å². The standard InChI is InChI=1S/C13H11NO2S/c15-10(8-13-14-5-6-17-13)12-7-9-3-1-2-4-11(9)16-12/h1-6,12H,7-8H2. The molecule has 0 N–H and O–H groups in total. The van der Waals surface area contributed by atoms with E-state index in [1.807, 2.05) is 29.6 Å². The lowest BCUT2D eigenvalue weighted by molar-refractivity contribution is -0.124. The second kappa shape index (κ2) is 4.30. The van der Waals surface area contributed by atoms with Crippen LogP contribution < -0.4 is 4.74 Å². The molecule has 2 aromatic rings. The van der Waals surface area contributed by atoms with Gasteiger partial charge in [0.2, 0.25) is 0 Å². The maximum absolute atomic E-state index is 12.0. The molecule has 0 spiro atoms. The Kier molecular flexibility index (Phi) is 2.65. The van der Waals surface area contributed by atoms with Gasteiger partial charge in [0.1, 0.15) is 5.75 Å². The highest BCUT2D eigenvalue weighted by Gasteiger charge is 2.28. The summed E-state index contributed by atoms with van der Waals surface area (Å²) in [6.45, 7) is 0. The van der Waals surface area contributed by atoms with Crippen molar-refractivity contribution in [1.82, 2.24) is 4.98 Å². The van der Waals surface area contributed by atoms with Crippen LogP contribution in [0.3, 0.4) is 0 Å². The zero-order chi connectivity index (χ0) is 11.7. The van der Waals surface area contributed by atoms with Gasteiger partial charge < -0.3 is 4.74 Å². The molecule has 0 amide bonds. The fraction of sp³-hybridized carbons (Fsp3) is 0.231. The number of carbonyl (C=O) groups excluding carboxylic acids is 1. The molecule has 0 radical (unpaired) electrons. The molecule has 2 heterocycles. The molecule has 17 heavy (non-hydrogen) atoms. The number of benzene rings is 1. The number of carbonyl (C=O) groups is 1. The van der Waals surface area contributed by atoms with Crippen molar-refractivity contribution in [2.24, 2.45) is 0 Å². The molecule has 3 nitrogen and oxygen atoms in total. The highest BCUT2D eigenvalue weighted by Crippen LogP contribution is 2.28. The summed E-state index contributed by atoms with van der Waals surface area (Å²) in [6.07, 6.45) is 2.44. The molecular weight excluding hydrogens is 234 g/mol. The minimum Gasteiger partial charge on any atom is -0.482 e.